The molecule has 0 aliphatic heterocycles. The first-order valence-corrected chi connectivity index (χ1v) is 7.67. The van der Waals surface area contributed by atoms with E-state index in [1.165, 1.54) is 11.7 Å². The van der Waals surface area contributed by atoms with Gasteiger partial charge in [-0.3, -0.25) is 0 Å². The number of halogens is 1. The zero-order valence-electron chi connectivity index (χ0n) is 9.70. The van der Waals surface area contributed by atoms with Gasteiger partial charge in [-0.15, -0.1) is 0 Å². The van der Waals surface area contributed by atoms with Gasteiger partial charge in [0.2, 0.25) is 0 Å². The van der Waals surface area contributed by atoms with Crippen molar-refractivity contribution in [2.24, 2.45) is 11.8 Å². The molecular formula is C11H21ClCrO2. The van der Waals surface area contributed by atoms with Gasteiger partial charge in [-0.05, 0) is 0 Å². The fraction of sp³-hybridized carbons (Fsp3) is 0.909. The van der Waals surface area contributed by atoms with Crippen molar-refractivity contribution >= 4 is 17.6 Å². The van der Waals surface area contributed by atoms with Gasteiger partial charge in [0.15, 0.2) is 0 Å². The summed E-state index contributed by atoms with van der Waals surface area (Å²) >= 11 is 6.53. The Labute approximate surface area is 104 Å². The Kier molecular flexibility index (Phi) is 8.61. The minimum atomic E-state index is -0.690. The zero-order chi connectivity index (χ0) is 11.8. The predicted octanol–water partition coefficient (Wildman–Crippen LogP) is 3.67. The minimum absolute atomic E-state index is 0.0780. The van der Waals surface area contributed by atoms with Crippen molar-refractivity contribution < 1.29 is 25.1 Å². The quantitative estimate of drug-likeness (QED) is 0.541. The molecule has 0 rings (SSSR count). The van der Waals surface area contributed by atoms with Crippen LogP contribution in [0.25, 0.3) is 0 Å². The van der Waals surface area contributed by atoms with Crippen molar-refractivity contribution in [3.05, 3.63) is 0 Å². The summed E-state index contributed by atoms with van der Waals surface area (Å²) in [6, 6.07) is 0. The number of alkyl halides is 1. The van der Waals surface area contributed by atoms with Crippen LogP contribution in [0.2, 0.25) is 10.6 Å². The maximum atomic E-state index is 10.9. The van der Waals surface area contributed by atoms with Crippen LogP contribution >= 0.6 is 11.6 Å². The summed E-state index contributed by atoms with van der Waals surface area (Å²) in [7, 11) is 0. The van der Waals surface area contributed by atoms with Crippen LogP contribution in [0.5, 0.6) is 0 Å². The number of carboxylic acids is 1. The van der Waals surface area contributed by atoms with E-state index in [9.17, 15) is 4.79 Å². The Bertz CT molecular complexity index is 185. The Balaban J connectivity index is 4.11. The molecule has 0 aliphatic rings. The van der Waals surface area contributed by atoms with Gasteiger partial charge >= 0.3 is 104 Å². The Hall–Kier alpha value is 0.292. The molecule has 0 aliphatic carbocycles. The summed E-state index contributed by atoms with van der Waals surface area (Å²) in [6.45, 7) is 5.91. The topological polar surface area (TPSA) is 37.3 Å². The molecule has 0 heterocycles. The molecule has 3 unspecified atom stereocenters. The fourth-order valence-electron chi connectivity index (χ4n) is 1.41. The first kappa shape index (κ1) is 15.3. The van der Waals surface area contributed by atoms with E-state index in [2.05, 4.69) is 6.92 Å². The van der Waals surface area contributed by atoms with Crippen molar-refractivity contribution in [1.29, 1.82) is 0 Å². The molecule has 1 N–H and O–H groups in total. The standard InChI is InChI=1S/C8H14ClO2.C3H7.Cr/c1-5(4-6(2)9)7(3)8(10)11;1-3-2;/h5-7H,1,4H2,2-3H3,(H,10,11);1,3H2,2H3;. The number of hydrogen-bond donors (Lipinski definition) is 1. The van der Waals surface area contributed by atoms with Gasteiger partial charge in [0.05, 0.1) is 0 Å². The van der Waals surface area contributed by atoms with Gasteiger partial charge in [-0.2, -0.15) is 0 Å². The van der Waals surface area contributed by atoms with Crippen molar-refractivity contribution in [2.75, 3.05) is 0 Å². The molecule has 0 aromatic heterocycles. The van der Waals surface area contributed by atoms with E-state index in [1.54, 1.807) is 6.92 Å². The molecule has 0 radical (unpaired) electrons. The summed E-state index contributed by atoms with van der Waals surface area (Å²) in [6.07, 6.45) is 2.02. The monoisotopic (exact) mass is 272 g/mol. The summed E-state index contributed by atoms with van der Waals surface area (Å²) in [5, 5.41) is 11.4. The van der Waals surface area contributed by atoms with E-state index in [0.29, 0.717) is 15.2 Å². The van der Waals surface area contributed by atoms with Gasteiger partial charge in [-0.1, -0.05) is 0 Å². The molecule has 4 heteroatoms. The molecule has 15 heavy (non-hydrogen) atoms. The number of rotatable bonds is 8. The third-order valence-electron chi connectivity index (χ3n) is 2.40. The first-order chi connectivity index (χ1) is 6.99. The molecule has 0 saturated heterocycles. The molecule has 0 aromatic rings. The Morgan fingerprint density at radius 2 is 2.07 bits per heavy atom. The van der Waals surface area contributed by atoms with Crippen LogP contribution in [0, 0.1) is 11.8 Å². The van der Waals surface area contributed by atoms with Crippen LogP contribution in [0.3, 0.4) is 0 Å². The molecule has 0 aromatic carbocycles. The number of hydrogen-bond acceptors (Lipinski definition) is 1. The van der Waals surface area contributed by atoms with Gasteiger partial charge in [0.1, 0.15) is 0 Å². The van der Waals surface area contributed by atoms with Crippen molar-refractivity contribution in [2.45, 2.75) is 49.6 Å². The molecule has 2 nitrogen and oxygen atoms in total. The van der Waals surface area contributed by atoms with Crippen molar-refractivity contribution in [1.82, 2.24) is 0 Å². The third kappa shape index (κ3) is 7.22. The number of carboxylic acid groups (broad SMARTS) is 1. The zero-order valence-corrected chi connectivity index (χ0v) is 11.7. The van der Waals surface area contributed by atoms with Gasteiger partial charge in [0, 0.05) is 0 Å². The number of aliphatic carboxylic acids is 1. The van der Waals surface area contributed by atoms with Crippen LogP contribution < -0.4 is 0 Å². The number of carbonyl (C=O) groups is 1. The summed E-state index contributed by atoms with van der Waals surface area (Å²) in [5.41, 5.74) is 0. The summed E-state index contributed by atoms with van der Waals surface area (Å²) in [5.74, 6) is -0.698. The van der Waals surface area contributed by atoms with E-state index in [0.717, 1.165) is 11.7 Å². The first-order valence-electron chi connectivity index (χ1n) is 5.43. The van der Waals surface area contributed by atoms with Gasteiger partial charge < -0.3 is 0 Å². The second kappa shape index (κ2) is 8.45. The van der Waals surface area contributed by atoms with Gasteiger partial charge in [-0.25, -0.2) is 0 Å². The second-order valence-electron chi connectivity index (χ2n) is 3.98. The summed E-state index contributed by atoms with van der Waals surface area (Å²) < 4.78 is 0. The van der Waals surface area contributed by atoms with Crippen LogP contribution in [0.15, 0.2) is 0 Å². The van der Waals surface area contributed by atoms with Crippen LogP contribution in [-0.2, 0) is 20.0 Å². The van der Waals surface area contributed by atoms with E-state index in [-0.39, 0.29) is 17.2 Å². The average Bonchev–Trinajstić information content (AvgIpc) is 2.14. The van der Waals surface area contributed by atoms with E-state index < -0.39 is 5.97 Å². The maximum absolute atomic E-state index is 10.9. The Morgan fingerprint density at radius 1 is 1.47 bits per heavy atom. The van der Waals surface area contributed by atoms with Crippen molar-refractivity contribution in [3.63, 3.8) is 0 Å². The molecule has 3 atom stereocenters. The van der Waals surface area contributed by atoms with E-state index >= 15 is 0 Å². The second-order valence-corrected chi connectivity index (χ2v) is 6.52. The molecule has 0 spiro atoms. The van der Waals surface area contributed by atoms with E-state index in [1.807, 2.05) is 6.92 Å². The van der Waals surface area contributed by atoms with Crippen LogP contribution in [-0.4, -0.2) is 16.5 Å². The molecule has 0 saturated carbocycles. The molecule has 0 fully saturated rings. The molecule has 0 amide bonds. The Morgan fingerprint density at radius 3 is 2.47 bits per heavy atom. The molecule has 90 valence electrons. The van der Waals surface area contributed by atoms with Crippen LogP contribution in [0.4, 0.5) is 0 Å². The normalized spacial score (nSPS) is 17.1. The van der Waals surface area contributed by atoms with Crippen LogP contribution in [0.1, 0.15) is 33.6 Å². The van der Waals surface area contributed by atoms with E-state index in [4.69, 9.17) is 16.7 Å². The molecular weight excluding hydrogens is 252 g/mol. The van der Waals surface area contributed by atoms with Crippen molar-refractivity contribution in [3.8, 4) is 0 Å². The predicted molar refractivity (Wildman–Crippen MR) is 60.1 cm³/mol. The third-order valence-corrected chi connectivity index (χ3v) is 4.71. The fourth-order valence-corrected chi connectivity index (χ4v) is 3.49. The average molecular weight is 273 g/mol. The van der Waals surface area contributed by atoms with Gasteiger partial charge in [0.25, 0.3) is 0 Å². The SMILES string of the molecule is CC[CH2][Cr][CH2]C(CC(C)Cl)C(C)C(=O)O. The summed E-state index contributed by atoms with van der Waals surface area (Å²) in [4.78, 5) is 10.9. The molecule has 0 bridgehead atoms.